The average molecular weight is 1180 g/mol. The van der Waals surface area contributed by atoms with Crippen LogP contribution in [0.4, 0.5) is 0 Å². The van der Waals surface area contributed by atoms with Crippen LogP contribution in [0.25, 0.3) is 0 Å². The third kappa shape index (κ3) is 16.3. The summed E-state index contributed by atoms with van der Waals surface area (Å²) < 4.78 is 44.5. The standard InChI is InChI=1S/C67H108N2O13P/c1-17-56-65(10,42-70)60(72)49(8)69(36-22-20-18-19-21-23-37-83(52-30-24-43(2)25-31-52,53-32-26-44(3)27-33-53)54-34-28-51(76-15)29-35-54)41-45(4)39-66(11,75)62(82-64-58(71)55(68(13)14)38-46(5)78-64)47(6)59(48(7)63(74)80-56)81-57-40-67(12,77-16)61(73)50(9)79-57/h24-35,45-50,55-62,64,70-73,75H,17-23,36-42H2,1-16H3/q+1/t45-,46-,47+,48-,49-,50+,55+,56-,57+,58-,59+,60-,61+,62-,64+,65-,66-,67-/m1/s1. The molecule has 3 heterocycles. The molecule has 0 radical (unpaired) electrons. The molecule has 3 aromatic rings. The van der Waals surface area contributed by atoms with Gasteiger partial charge in [0.25, 0.3) is 0 Å². The van der Waals surface area contributed by atoms with Gasteiger partial charge >= 0.3 is 5.97 Å². The van der Waals surface area contributed by atoms with Gasteiger partial charge in [0.2, 0.25) is 0 Å². The Balaban J connectivity index is 1.26. The monoisotopic (exact) mass is 1180 g/mol. The topological polar surface area (TPSA) is 189 Å². The lowest BCUT2D eigenvalue weighted by molar-refractivity contribution is -0.318. The van der Waals surface area contributed by atoms with Crippen LogP contribution in [0.5, 0.6) is 5.75 Å². The number of cyclic esters (lactones) is 1. The van der Waals surface area contributed by atoms with Crippen LogP contribution in [0, 0.1) is 37.0 Å². The molecule has 6 rings (SSSR count). The van der Waals surface area contributed by atoms with Gasteiger partial charge in [-0.15, -0.1) is 0 Å². The van der Waals surface area contributed by atoms with Crippen molar-refractivity contribution in [1.82, 2.24) is 9.80 Å². The smallest absolute Gasteiger partial charge is 0.311 e. The van der Waals surface area contributed by atoms with Gasteiger partial charge in [-0.25, -0.2) is 0 Å². The maximum absolute atomic E-state index is 14.9. The highest BCUT2D eigenvalue weighted by molar-refractivity contribution is 7.95. The van der Waals surface area contributed by atoms with Crippen molar-refractivity contribution in [3.8, 4) is 5.75 Å². The Labute approximate surface area is 499 Å². The number of carbonyl (C=O) groups excluding carboxylic acids is 1. The van der Waals surface area contributed by atoms with Crippen LogP contribution >= 0.6 is 7.26 Å². The number of hydrogen-bond acceptors (Lipinski definition) is 15. The van der Waals surface area contributed by atoms with Gasteiger partial charge in [0, 0.05) is 38.1 Å². The first-order valence-electron chi connectivity index (χ1n) is 31.0. The summed E-state index contributed by atoms with van der Waals surface area (Å²) in [6, 6.07) is 26.3. The molecule has 3 aliphatic heterocycles. The number of benzene rings is 3. The van der Waals surface area contributed by atoms with Crippen molar-refractivity contribution in [3.63, 3.8) is 0 Å². The fraction of sp³-hybridized carbons (Fsp3) is 0.716. The summed E-state index contributed by atoms with van der Waals surface area (Å²) in [4.78, 5) is 19.1. The first kappa shape index (κ1) is 69.0. The van der Waals surface area contributed by atoms with E-state index in [4.69, 9.17) is 33.2 Å². The lowest BCUT2D eigenvalue weighted by Gasteiger charge is -2.48. The van der Waals surface area contributed by atoms with Gasteiger partial charge in [-0.3, -0.25) is 9.69 Å². The number of aryl methyl sites for hydroxylation is 2. The Morgan fingerprint density at radius 3 is 1.83 bits per heavy atom. The van der Waals surface area contributed by atoms with Crippen molar-refractivity contribution in [2.24, 2.45) is 23.2 Å². The minimum Gasteiger partial charge on any atom is -0.497 e. The van der Waals surface area contributed by atoms with E-state index >= 15 is 0 Å². The number of carbonyl (C=O) groups is 1. The van der Waals surface area contributed by atoms with E-state index < -0.39 is 110 Å². The molecule has 3 aliphatic rings. The molecule has 0 aliphatic carbocycles. The van der Waals surface area contributed by atoms with Gasteiger partial charge in [0.1, 0.15) is 47.2 Å². The van der Waals surface area contributed by atoms with E-state index in [2.05, 4.69) is 98.5 Å². The second-order valence-corrected chi connectivity index (χ2v) is 29.8. The minimum absolute atomic E-state index is 0.127. The molecule has 3 aromatic carbocycles. The molecule has 0 unspecified atom stereocenters. The number of unbranched alkanes of at least 4 members (excludes halogenated alkanes) is 5. The van der Waals surface area contributed by atoms with Crippen molar-refractivity contribution in [1.29, 1.82) is 0 Å². The van der Waals surface area contributed by atoms with Crippen LogP contribution < -0.4 is 20.7 Å². The molecule has 0 amide bonds. The van der Waals surface area contributed by atoms with E-state index in [1.165, 1.54) is 34.2 Å². The summed E-state index contributed by atoms with van der Waals surface area (Å²) in [6.07, 6.45) is -0.852. The average Bonchev–Trinajstić information content (AvgIpc) is 3.65. The molecule has 15 nitrogen and oxygen atoms in total. The normalized spacial score (nSPS) is 35.6. The molecule has 83 heavy (non-hydrogen) atoms. The minimum atomic E-state index is -2.03. The molecule has 16 heteroatoms. The van der Waals surface area contributed by atoms with E-state index in [-0.39, 0.29) is 30.9 Å². The number of likely N-dealkylation sites (N-methyl/N-ethyl adjacent to an activating group) is 1. The Kier molecular flexibility index (Phi) is 25.1. The summed E-state index contributed by atoms with van der Waals surface area (Å²) in [6.45, 7) is 23.5. The zero-order valence-electron chi connectivity index (χ0n) is 53.3. The fourth-order valence-electron chi connectivity index (χ4n) is 13.9. The number of nitrogens with zero attached hydrogens (tertiary/aromatic N) is 2. The molecule has 18 atom stereocenters. The molecule has 468 valence electrons. The molecule has 3 saturated heterocycles. The SMILES string of the molecule is CC[C@H]1OC(=O)[C@H](C)[C@@H](O[C@H]2C[C@@](C)(OC)[C@@H](O)[C@H](C)O2)[C@H](C)[C@@H](O[C@@H]2O[C@H](C)C[C@H](N(C)C)[C@H]2O)[C@](C)(O)C[C@@H](C)CN(CCCCCCCC[P+](c2ccc(C)cc2)(c2ccc(C)cc2)c2ccc(OC)cc2)[C@H](C)[C@@H](O)[C@]1(C)CO. The molecular weight excluding hydrogens is 1070 g/mol. The summed E-state index contributed by atoms with van der Waals surface area (Å²) in [5.74, 6) is -1.74. The molecule has 5 N–H and O–H groups in total. The maximum atomic E-state index is 14.9. The second-order valence-electron chi connectivity index (χ2n) is 26.2. The van der Waals surface area contributed by atoms with Gasteiger partial charge in [0.15, 0.2) is 12.6 Å². The van der Waals surface area contributed by atoms with Crippen LogP contribution in [0.3, 0.4) is 0 Å². The molecular formula is C67H108N2O13P+. The second kappa shape index (κ2) is 30.2. The summed E-state index contributed by atoms with van der Waals surface area (Å²) >= 11 is 0. The van der Waals surface area contributed by atoms with Crippen LogP contribution in [-0.2, 0) is 33.2 Å². The van der Waals surface area contributed by atoms with Gasteiger partial charge in [0.05, 0.1) is 72.9 Å². The van der Waals surface area contributed by atoms with Crippen molar-refractivity contribution in [2.45, 2.75) is 232 Å². The van der Waals surface area contributed by atoms with Crippen molar-refractivity contribution in [3.05, 3.63) is 83.9 Å². The Morgan fingerprint density at radius 1 is 0.747 bits per heavy atom. The van der Waals surface area contributed by atoms with Gasteiger partial charge in [-0.1, -0.05) is 82.3 Å². The Morgan fingerprint density at radius 2 is 1.30 bits per heavy atom. The number of ether oxygens (including phenoxy) is 7. The Bertz CT molecular complexity index is 2390. The molecule has 0 saturated carbocycles. The molecule has 0 spiro atoms. The number of aliphatic hydroxyl groups is 5. The highest BCUT2D eigenvalue weighted by Gasteiger charge is 2.53. The number of aliphatic hydroxyl groups excluding tert-OH is 4. The lowest BCUT2D eigenvalue weighted by atomic mass is 9.75. The fourth-order valence-corrected chi connectivity index (χ4v) is 18.2. The van der Waals surface area contributed by atoms with Crippen molar-refractivity contribution >= 4 is 29.1 Å². The number of hydrogen-bond donors (Lipinski definition) is 5. The van der Waals surface area contributed by atoms with Crippen molar-refractivity contribution in [2.75, 3.05) is 54.2 Å². The lowest BCUT2D eigenvalue weighted by Crippen LogP contribution is -2.60. The number of methoxy groups -OCH3 is 2. The van der Waals surface area contributed by atoms with E-state index in [0.29, 0.717) is 25.9 Å². The summed E-state index contributed by atoms with van der Waals surface area (Å²) in [7, 11) is 5.03. The highest BCUT2D eigenvalue weighted by atomic mass is 31.2. The predicted molar refractivity (Wildman–Crippen MR) is 331 cm³/mol. The number of esters is 1. The quantitative estimate of drug-likeness (QED) is 0.0388. The Hall–Kier alpha value is -3.12. The van der Waals surface area contributed by atoms with Crippen LogP contribution in [0.2, 0.25) is 0 Å². The van der Waals surface area contributed by atoms with Crippen LogP contribution in [0.15, 0.2) is 72.8 Å². The number of rotatable bonds is 21. The highest BCUT2D eigenvalue weighted by Crippen LogP contribution is 2.56. The largest absolute Gasteiger partial charge is 0.497 e. The first-order chi connectivity index (χ1) is 39.2. The predicted octanol–water partition coefficient (Wildman–Crippen LogP) is 8.48. The third-order valence-corrected chi connectivity index (χ3v) is 23.7. The summed E-state index contributed by atoms with van der Waals surface area (Å²) in [5, 5.41) is 64.3. The van der Waals surface area contributed by atoms with E-state index in [9.17, 15) is 30.3 Å². The van der Waals surface area contributed by atoms with E-state index in [1.807, 2.05) is 46.7 Å². The zero-order valence-corrected chi connectivity index (χ0v) is 54.2. The summed E-state index contributed by atoms with van der Waals surface area (Å²) in [5.41, 5.74) is -1.44. The van der Waals surface area contributed by atoms with Crippen LogP contribution in [0.1, 0.15) is 145 Å². The molecule has 3 fully saturated rings. The zero-order chi connectivity index (χ0) is 61.2. The van der Waals surface area contributed by atoms with Gasteiger partial charge < -0.3 is 63.6 Å². The van der Waals surface area contributed by atoms with Crippen molar-refractivity contribution < 1.29 is 63.5 Å². The maximum Gasteiger partial charge on any atom is 0.311 e. The third-order valence-electron chi connectivity index (χ3n) is 19.2. The van der Waals surface area contributed by atoms with Gasteiger partial charge in [-0.05, 0) is 169 Å². The van der Waals surface area contributed by atoms with Gasteiger partial charge in [-0.2, -0.15) is 0 Å². The van der Waals surface area contributed by atoms with E-state index in [1.54, 1.807) is 41.7 Å². The molecule has 0 bridgehead atoms. The van der Waals surface area contributed by atoms with E-state index in [0.717, 1.165) is 50.4 Å². The van der Waals surface area contributed by atoms with Crippen LogP contribution in [-0.4, -0.2) is 180 Å². The first-order valence-corrected chi connectivity index (χ1v) is 33.0. The molecule has 0 aromatic heterocycles.